The molecule has 1 amide bonds. The Kier molecular flexibility index (Phi) is 4.71. The molecule has 0 aliphatic heterocycles. The molecular formula is C9H16N4O. The summed E-state index contributed by atoms with van der Waals surface area (Å²) in [5.74, 6) is 0.0786. The third-order valence-corrected chi connectivity index (χ3v) is 1.86. The molecule has 5 nitrogen and oxygen atoms in total. The van der Waals surface area contributed by atoms with Crippen molar-refractivity contribution in [2.24, 2.45) is 0 Å². The van der Waals surface area contributed by atoms with Crippen LogP contribution in [0, 0.1) is 0 Å². The van der Waals surface area contributed by atoms with Crippen LogP contribution in [0.15, 0.2) is 12.5 Å². The Hall–Kier alpha value is -1.36. The molecule has 0 aliphatic rings. The topological polar surface area (TPSA) is 69.8 Å². The summed E-state index contributed by atoms with van der Waals surface area (Å²) >= 11 is 0. The molecule has 5 heteroatoms. The van der Waals surface area contributed by atoms with Gasteiger partial charge in [0, 0.05) is 12.6 Å². The van der Waals surface area contributed by atoms with E-state index in [1.165, 1.54) is 0 Å². The molecule has 1 aromatic heterocycles. The van der Waals surface area contributed by atoms with E-state index in [0.29, 0.717) is 13.0 Å². The van der Waals surface area contributed by atoms with Crippen molar-refractivity contribution in [3.8, 4) is 0 Å². The van der Waals surface area contributed by atoms with Crippen molar-refractivity contribution in [3.63, 3.8) is 0 Å². The molecule has 14 heavy (non-hydrogen) atoms. The number of H-pyrrole nitrogens is 1. The molecule has 0 atom stereocenters. The zero-order chi connectivity index (χ0) is 10.2. The molecule has 0 saturated carbocycles. The second-order valence-corrected chi connectivity index (χ2v) is 3.06. The minimum Gasteiger partial charge on any atom is -0.350 e. The van der Waals surface area contributed by atoms with Crippen LogP contribution in [0.5, 0.6) is 0 Å². The predicted octanol–water partition coefficient (Wildman–Crippen LogP) is 0.0255. The van der Waals surface area contributed by atoms with Gasteiger partial charge in [0.15, 0.2) is 0 Å². The van der Waals surface area contributed by atoms with Gasteiger partial charge in [-0.3, -0.25) is 4.79 Å². The minimum atomic E-state index is 0.0786. The van der Waals surface area contributed by atoms with E-state index in [4.69, 9.17) is 0 Å². The maximum Gasteiger partial charge on any atom is 0.220 e. The van der Waals surface area contributed by atoms with E-state index in [0.717, 1.165) is 18.7 Å². The van der Waals surface area contributed by atoms with Crippen LogP contribution in [0.2, 0.25) is 0 Å². The third kappa shape index (κ3) is 4.04. The summed E-state index contributed by atoms with van der Waals surface area (Å²) in [6.45, 7) is 1.40. The van der Waals surface area contributed by atoms with Crippen molar-refractivity contribution in [3.05, 3.63) is 18.2 Å². The Morgan fingerprint density at radius 2 is 2.50 bits per heavy atom. The number of hydrogen-bond donors (Lipinski definition) is 3. The second-order valence-electron chi connectivity index (χ2n) is 3.06. The van der Waals surface area contributed by atoms with Gasteiger partial charge in [0.1, 0.15) is 0 Å². The fourth-order valence-electron chi connectivity index (χ4n) is 1.09. The number of nitrogens with zero attached hydrogens (tertiary/aromatic N) is 1. The van der Waals surface area contributed by atoms with E-state index in [-0.39, 0.29) is 5.91 Å². The van der Waals surface area contributed by atoms with Crippen molar-refractivity contribution in [1.82, 2.24) is 20.6 Å². The van der Waals surface area contributed by atoms with Gasteiger partial charge in [0.05, 0.1) is 18.6 Å². The van der Waals surface area contributed by atoms with Gasteiger partial charge in [0.25, 0.3) is 0 Å². The first-order valence-electron chi connectivity index (χ1n) is 4.71. The fraction of sp³-hybridized carbons (Fsp3) is 0.556. The van der Waals surface area contributed by atoms with E-state index < -0.39 is 0 Å². The van der Waals surface area contributed by atoms with Gasteiger partial charge in [-0.05, 0) is 20.0 Å². The maximum atomic E-state index is 11.2. The molecule has 0 saturated heterocycles. The first-order chi connectivity index (χ1) is 6.83. The lowest BCUT2D eigenvalue weighted by Crippen LogP contribution is -2.23. The van der Waals surface area contributed by atoms with Crippen molar-refractivity contribution in [2.45, 2.75) is 19.4 Å². The number of rotatable bonds is 6. The smallest absolute Gasteiger partial charge is 0.220 e. The molecule has 0 aliphatic carbocycles. The average molecular weight is 196 g/mol. The van der Waals surface area contributed by atoms with Crippen LogP contribution in [-0.2, 0) is 11.3 Å². The SMILES string of the molecule is CNCCCC(=O)NCc1cnc[nH]1. The normalized spacial score (nSPS) is 10.1. The molecular weight excluding hydrogens is 180 g/mol. The Balaban J connectivity index is 2.09. The Morgan fingerprint density at radius 3 is 3.14 bits per heavy atom. The van der Waals surface area contributed by atoms with Crippen LogP contribution in [0.1, 0.15) is 18.5 Å². The monoisotopic (exact) mass is 196 g/mol. The first kappa shape index (κ1) is 10.7. The van der Waals surface area contributed by atoms with Crippen LogP contribution < -0.4 is 10.6 Å². The number of imidazole rings is 1. The van der Waals surface area contributed by atoms with Gasteiger partial charge < -0.3 is 15.6 Å². The molecule has 0 aromatic carbocycles. The standard InChI is InChI=1S/C9H16N4O/c1-10-4-2-3-9(14)12-6-8-5-11-7-13-8/h5,7,10H,2-4,6H2,1H3,(H,11,13)(H,12,14). The van der Waals surface area contributed by atoms with E-state index in [2.05, 4.69) is 20.6 Å². The van der Waals surface area contributed by atoms with Crippen LogP contribution in [0.25, 0.3) is 0 Å². The maximum absolute atomic E-state index is 11.2. The lowest BCUT2D eigenvalue weighted by molar-refractivity contribution is -0.121. The number of aromatic nitrogens is 2. The summed E-state index contributed by atoms with van der Waals surface area (Å²) in [4.78, 5) is 18.0. The molecule has 1 rings (SSSR count). The highest BCUT2D eigenvalue weighted by Gasteiger charge is 2.00. The predicted molar refractivity (Wildman–Crippen MR) is 53.6 cm³/mol. The fourth-order valence-corrected chi connectivity index (χ4v) is 1.09. The summed E-state index contributed by atoms with van der Waals surface area (Å²) < 4.78 is 0. The van der Waals surface area contributed by atoms with E-state index in [9.17, 15) is 4.79 Å². The number of carbonyl (C=O) groups excluding carboxylic acids is 1. The van der Waals surface area contributed by atoms with Gasteiger partial charge in [-0.15, -0.1) is 0 Å². The van der Waals surface area contributed by atoms with Crippen molar-refractivity contribution >= 4 is 5.91 Å². The number of carbonyl (C=O) groups is 1. The highest BCUT2D eigenvalue weighted by atomic mass is 16.1. The molecule has 3 N–H and O–H groups in total. The molecule has 0 unspecified atom stereocenters. The number of aromatic amines is 1. The highest BCUT2D eigenvalue weighted by molar-refractivity contribution is 5.75. The van der Waals surface area contributed by atoms with Gasteiger partial charge >= 0.3 is 0 Å². The molecule has 78 valence electrons. The molecule has 1 heterocycles. The third-order valence-electron chi connectivity index (χ3n) is 1.86. The number of nitrogens with one attached hydrogen (secondary N) is 3. The van der Waals surface area contributed by atoms with Crippen LogP contribution in [0.4, 0.5) is 0 Å². The van der Waals surface area contributed by atoms with E-state index in [1.807, 2.05) is 7.05 Å². The lowest BCUT2D eigenvalue weighted by Gasteiger charge is -2.02. The van der Waals surface area contributed by atoms with E-state index >= 15 is 0 Å². The van der Waals surface area contributed by atoms with Crippen LogP contribution in [0.3, 0.4) is 0 Å². The summed E-state index contributed by atoms with van der Waals surface area (Å²) in [7, 11) is 1.88. The zero-order valence-electron chi connectivity index (χ0n) is 8.34. The van der Waals surface area contributed by atoms with Gasteiger partial charge in [-0.2, -0.15) is 0 Å². The van der Waals surface area contributed by atoms with Gasteiger partial charge in [-0.1, -0.05) is 0 Å². The molecule has 0 bridgehead atoms. The first-order valence-corrected chi connectivity index (χ1v) is 4.71. The Labute approximate surface area is 83.3 Å². The molecule has 1 aromatic rings. The second kappa shape index (κ2) is 6.15. The zero-order valence-corrected chi connectivity index (χ0v) is 8.34. The minimum absolute atomic E-state index is 0.0786. The van der Waals surface area contributed by atoms with Gasteiger partial charge in [0.2, 0.25) is 5.91 Å². The summed E-state index contributed by atoms with van der Waals surface area (Å²) in [6.07, 6.45) is 4.73. The average Bonchev–Trinajstić information content (AvgIpc) is 2.68. The summed E-state index contributed by atoms with van der Waals surface area (Å²) in [5.41, 5.74) is 0.923. The molecule has 0 spiro atoms. The number of hydrogen-bond acceptors (Lipinski definition) is 3. The van der Waals surface area contributed by atoms with Crippen molar-refractivity contribution < 1.29 is 4.79 Å². The quantitative estimate of drug-likeness (QED) is 0.562. The molecule has 0 fully saturated rings. The number of amides is 1. The van der Waals surface area contributed by atoms with Crippen LogP contribution in [-0.4, -0.2) is 29.5 Å². The Morgan fingerprint density at radius 1 is 1.64 bits per heavy atom. The van der Waals surface area contributed by atoms with Crippen molar-refractivity contribution in [1.29, 1.82) is 0 Å². The highest BCUT2D eigenvalue weighted by Crippen LogP contribution is 1.91. The van der Waals surface area contributed by atoms with Crippen LogP contribution >= 0.6 is 0 Å². The lowest BCUT2D eigenvalue weighted by atomic mass is 10.3. The Bertz CT molecular complexity index is 258. The summed E-state index contributed by atoms with van der Waals surface area (Å²) in [6, 6.07) is 0. The van der Waals surface area contributed by atoms with E-state index in [1.54, 1.807) is 12.5 Å². The summed E-state index contributed by atoms with van der Waals surface area (Å²) in [5, 5.41) is 5.80. The largest absolute Gasteiger partial charge is 0.350 e. The molecule has 0 radical (unpaired) electrons. The van der Waals surface area contributed by atoms with Crippen molar-refractivity contribution in [2.75, 3.05) is 13.6 Å². The van der Waals surface area contributed by atoms with Gasteiger partial charge in [-0.25, -0.2) is 4.98 Å².